The van der Waals surface area contributed by atoms with Gasteiger partial charge in [0.15, 0.2) is 5.54 Å². The summed E-state index contributed by atoms with van der Waals surface area (Å²) >= 11 is 0. The molecule has 4 amide bonds. The summed E-state index contributed by atoms with van der Waals surface area (Å²) in [7, 11) is 3.38. The summed E-state index contributed by atoms with van der Waals surface area (Å²) in [6, 6.07) is 25.0. The summed E-state index contributed by atoms with van der Waals surface area (Å²) in [5.41, 5.74) is 1.44. The Labute approximate surface area is 181 Å². The van der Waals surface area contributed by atoms with Crippen molar-refractivity contribution in [3.05, 3.63) is 107 Å². The summed E-state index contributed by atoms with van der Waals surface area (Å²) in [6.45, 7) is 0.114. The van der Waals surface area contributed by atoms with Gasteiger partial charge in [-0.1, -0.05) is 72.8 Å². The van der Waals surface area contributed by atoms with E-state index in [1.165, 1.54) is 9.80 Å². The molecule has 6 heteroatoms. The molecule has 31 heavy (non-hydrogen) atoms. The van der Waals surface area contributed by atoms with E-state index in [0.29, 0.717) is 16.7 Å². The molecule has 1 aliphatic heterocycles. The van der Waals surface area contributed by atoms with Crippen LogP contribution in [0, 0.1) is 0 Å². The number of benzene rings is 3. The quantitative estimate of drug-likeness (QED) is 0.652. The van der Waals surface area contributed by atoms with Crippen molar-refractivity contribution in [1.82, 2.24) is 15.1 Å². The predicted molar refractivity (Wildman–Crippen MR) is 117 cm³/mol. The zero-order valence-corrected chi connectivity index (χ0v) is 17.4. The van der Waals surface area contributed by atoms with Crippen LogP contribution in [0.1, 0.15) is 27.0 Å². The molecule has 0 unspecified atom stereocenters. The van der Waals surface area contributed by atoms with Gasteiger partial charge in [-0.25, -0.2) is 4.79 Å². The third-order valence-corrected chi connectivity index (χ3v) is 5.47. The maximum Gasteiger partial charge on any atom is 0.325 e. The number of nitrogens with zero attached hydrogens (tertiary/aromatic N) is 2. The number of amides is 4. The van der Waals surface area contributed by atoms with Gasteiger partial charge >= 0.3 is 6.03 Å². The lowest BCUT2D eigenvalue weighted by Crippen LogP contribution is -2.45. The lowest BCUT2D eigenvalue weighted by atomic mass is 9.82. The highest BCUT2D eigenvalue weighted by Gasteiger charge is 2.53. The van der Waals surface area contributed by atoms with E-state index < -0.39 is 11.6 Å². The van der Waals surface area contributed by atoms with Crippen LogP contribution in [0.5, 0.6) is 0 Å². The highest BCUT2D eigenvalue weighted by atomic mass is 16.2. The van der Waals surface area contributed by atoms with Gasteiger partial charge in [0, 0.05) is 19.7 Å². The van der Waals surface area contributed by atoms with E-state index in [2.05, 4.69) is 5.32 Å². The van der Waals surface area contributed by atoms with Crippen molar-refractivity contribution in [2.75, 3.05) is 14.1 Å². The number of carbonyl (C=O) groups excluding carboxylic acids is 3. The Morgan fingerprint density at radius 3 is 1.84 bits per heavy atom. The Bertz CT molecular complexity index is 1070. The van der Waals surface area contributed by atoms with Crippen LogP contribution >= 0.6 is 0 Å². The molecule has 0 aliphatic carbocycles. The van der Waals surface area contributed by atoms with Gasteiger partial charge in [0.05, 0.1) is 6.54 Å². The van der Waals surface area contributed by atoms with Crippen molar-refractivity contribution >= 4 is 17.8 Å². The lowest BCUT2D eigenvalue weighted by molar-refractivity contribution is -0.130. The van der Waals surface area contributed by atoms with Gasteiger partial charge in [0.2, 0.25) is 0 Å². The fourth-order valence-electron chi connectivity index (χ4n) is 3.85. The standard InChI is InChI=1S/C25H23N3O3/c1-27(2)22(29)19-15-13-18(14-16-19)17-28-23(30)25(26-24(28)31,20-9-5-3-6-10-20)21-11-7-4-8-12-21/h3-16H,17H2,1-2H3,(H,26,31). The topological polar surface area (TPSA) is 69.7 Å². The van der Waals surface area contributed by atoms with Crippen molar-refractivity contribution < 1.29 is 14.4 Å². The van der Waals surface area contributed by atoms with Gasteiger partial charge < -0.3 is 10.2 Å². The van der Waals surface area contributed by atoms with E-state index in [1.807, 2.05) is 60.7 Å². The molecule has 6 nitrogen and oxygen atoms in total. The average molecular weight is 413 g/mol. The molecule has 0 bridgehead atoms. The van der Waals surface area contributed by atoms with Crippen LogP contribution in [-0.4, -0.2) is 41.7 Å². The van der Waals surface area contributed by atoms with Crippen LogP contribution in [0.4, 0.5) is 4.79 Å². The molecule has 1 aliphatic rings. The maximum absolute atomic E-state index is 13.7. The molecule has 1 N–H and O–H groups in total. The maximum atomic E-state index is 13.7. The zero-order chi connectivity index (χ0) is 22.0. The highest BCUT2D eigenvalue weighted by Crippen LogP contribution is 2.36. The molecule has 1 saturated heterocycles. The van der Waals surface area contributed by atoms with Gasteiger partial charge in [-0.2, -0.15) is 0 Å². The smallest absolute Gasteiger partial charge is 0.325 e. The van der Waals surface area contributed by atoms with E-state index in [1.54, 1.807) is 38.4 Å². The number of hydrogen-bond acceptors (Lipinski definition) is 3. The van der Waals surface area contributed by atoms with E-state index >= 15 is 0 Å². The van der Waals surface area contributed by atoms with Crippen molar-refractivity contribution in [3.63, 3.8) is 0 Å². The molecule has 0 aromatic heterocycles. The fourth-order valence-corrected chi connectivity index (χ4v) is 3.85. The van der Waals surface area contributed by atoms with Gasteiger partial charge in [-0.3, -0.25) is 14.5 Å². The second kappa shape index (κ2) is 8.07. The summed E-state index contributed by atoms with van der Waals surface area (Å²) in [4.78, 5) is 41.5. The largest absolute Gasteiger partial charge is 0.345 e. The van der Waals surface area contributed by atoms with Gasteiger partial charge in [-0.05, 0) is 28.8 Å². The van der Waals surface area contributed by atoms with Crippen molar-refractivity contribution in [1.29, 1.82) is 0 Å². The highest BCUT2D eigenvalue weighted by molar-refractivity contribution is 6.09. The number of urea groups is 1. The van der Waals surface area contributed by atoms with E-state index in [-0.39, 0.29) is 18.4 Å². The predicted octanol–water partition coefficient (Wildman–Crippen LogP) is 3.38. The zero-order valence-electron chi connectivity index (χ0n) is 17.4. The van der Waals surface area contributed by atoms with Gasteiger partial charge in [0.25, 0.3) is 11.8 Å². The number of imide groups is 1. The normalized spacial score (nSPS) is 15.0. The third-order valence-electron chi connectivity index (χ3n) is 5.47. The van der Waals surface area contributed by atoms with Crippen LogP contribution in [0.15, 0.2) is 84.9 Å². The Hall–Kier alpha value is -3.93. The fraction of sp³-hybridized carbons (Fsp3) is 0.160. The molecule has 1 heterocycles. The molecule has 3 aromatic rings. The lowest BCUT2D eigenvalue weighted by Gasteiger charge is -2.28. The first-order valence-electron chi connectivity index (χ1n) is 9.99. The Kier molecular flexibility index (Phi) is 5.29. The van der Waals surface area contributed by atoms with E-state index in [4.69, 9.17) is 0 Å². The van der Waals surface area contributed by atoms with E-state index in [0.717, 1.165) is 5.56 Å². The number of hydrogen-bond donors (Lipinski definition) is 1. The first-order valence-corrected chi connectivity index (χ1v) is 9.99. The first kappa shape index (κ1) is 20.3. The minimum absolute atomic E-state index is 0.103. The first-order chi connectivity index (χ1) is 14.9. The summed E-state index contributed by atoms with van der Waals surface area (Å²) < 4.78 is 0. The summed E-state index contributed by atoms with van der Waals surface area (Å²) in [6.07, 6.45) is 0. The van der Waals surface area contributed by atoms with Crippen molar-refractivity contribution in [3.8, 4) is 0 Å². The summed E-state index contributed by atoms with van der Waals surface area (Å²) in [5.74, 6) is -0.433. The Morgan fingerprint density at radius 1 is 0.839 bits per heavy atom. The van der Waals surface area contributed by atoms with Crippen LogP contribution in [-0.2, 0) is 16.9 Å². The SMILES string of the molecule is CN(C)C(=O)c1ccc(CN2C(=O)NC(c3ccccc3)(c3ccccc3)C2=O)cc1. The van der Waals surface area contributed by atoms with Crippen LogP contribution < -0.4 is 5.32 Å². The number of carbonyl (C=O) groups is 3. The van der Waals surface area contributed by atoms with Crippen molar-refractivity contribution in [2.45, 2.75) is 12.1 Å². The second-order valence-electron chi connectivity index (χ2n) is 7.70. The average Bonchev–Trinajstić information content (AvgIpc) is 3.06. The molecule has 0 radical (unpaired) electrons. The van der Waals surface area contributed by atoms with E-state index in [9.17, 15) is 14.4 Å². The molecular formula is C25H23N3O3. The molecule has 0 saturated carbocycles. The Balaban J connectivity index is 1.68. The monoisotopic (exact) mass is 413 g/mol. The third kappa shape index (κ3) is 3.57. The second-order valence-corrected chi connectivity index (χ2v) is 7.70. The molecule has 3 aromatic carbocycles. The molecular weight excluding hydrogens is 390 g/mol. The van der Waals surface area contributed by atoms with Gasteiger partial charge in [-0.15, -0.1) is 0 Å². The van der Waals surface area contributed by atoms with Crippen molar-refractivity contribution in [2.24, 2.45) is 0 Å². The van der Waals surface area contributed by atoms with Crippen LogP contribution in [0.3, 0.4) is 0 Å². The minimum Gasteiger partial charge on any atom is -0.345 e. The molecule has 0 spiro atoms. The number of nitrogens with one attached hydrogen (secondary N) is 1. The number of rotatable bonds is 5. The molecule has 1 fully saturated rings. The van der Waals surface area contributed by atoms with Gasteiger partial charge in [0.1, 0.15) is 0 Å². The molecule has 0 atom stereocenters. The Morgan fingerprint density at radius 2 is 1.35 bits per heavy atom. The summed E-state index contributed by atoms with van der Waals surface area (Å²) in [5, 5.41) is 2.94. The molecule has 156 valence electrons. The van der Waals surface area contributed by atoms with Crippen LogP contribution in [0.25, 0.3) is 0 Å². The van der Waals surface area contributed by atoms with Crippen LogP contribution in [0.2, 0.25) is 0 Å². The molecule has 4 rings (SSSR count). The minimum atomic E-state index is -1.28.